The second kappa shape index (κ2) is 14.6. The molecule has 2 aliphatic rings. The van der Waals surface area contributed by atoms with Crippen molar-refractivity contribution in [1.82, 2.24) is 0 Å². The molecule has 0 N–H and O–H groups in total. The summed E-state index contributed by atoms with van der Waals surface area (Å²) in [5.74, 6) is 4.88. The van der Waals surface area contributed by atoms with E-state index < -0.39 is 0 Å². The van der Waals surface area contributed by atoms with Crippen molar-refractivity contribution in [1.29, 1.82) is 0 Å². The summed E-state index contributed by atoms with van der Waals surface area (Å²) in [6.07, 6.45) is 12.5. The molecule has 0 spiro atoms. The third-order valence-electron chi connectivity index (χ3n) is 13.3. The fraction of sp³-hybridized carbons (Fsp3) is 0.600. The van der Waals surface area contributed by atoms with E-state index in [2.05, 4.69) is 123 Å². The Bertz CT molecular complexity index is 1370. The van der Waals surface area contributed by atoms with E-state index in [4.69, 9.17) is 0 Å². The lowest BCUT2D eigenvalue weighted by molar-refractivity contribution is -0.111. The first-order valence-electron chi connectivity index (χ1n) is 19.0. The van der Waals surface area contributed by atoms with Crippen molar-refractivity contribution in [3.63, 3.8) is 0 Å². The molecule has 0 heterocycles. The van der Waals surface area contributed by atoms with E-state index >= 15 is 0 Å². The van der Waals surface area contributed by atoms with E-state index in [9.17, 15) is 0 Å². The minimum absolute atomic E-state index is 0.392. The van der Waals surface area contributed by atoms with Crippen LogP contribution >= 0.6 is 0 Å². The third kappa shape index (κ3) is 6.22. The van der Waals surface area contributed by atoms with Crippen molar-refractivity contribution in [2.24, 2.45) is 29.1 Å². The average molecular weight is 605 g/mol. The monoisotopic (exact) mass is 605 g/mol. The molecule has 3 aromatic carbocycles. The van der Waals surface area contributed by atoms with E-state index in [0.717, 1.165) is 49.9 Å². The van der Waals surface area contributed by atoms with Gasteiger partial charge in [0.25, 0.3) is 0 Å². The Balaban J connectivity index is 1.56. The highest BCUT2D eigenvalue weighted by Crippen LogP contribution is 2.66. The predicted octanol–water partition coefficient (Wildman–Crippen LogP) is 12.7. The van der Waals surface area contributed by atoms with Gasteiger partial charge in [-0.1, -0.05) is 123 Å². The minimum atomic E-state index is 0.392. The molecule has 2 saturated carbocycles. The van der Waals surface area contributed by atoms with Gasteiger partial charge in [0.05, 0.1) is 0 Å². The maximum Gasteiger partial charge on any atom is -0.0151 e. The van der Waals surface area contributed by atoms with Crippen LogP contribution < -0.4 is 0 Å². The van der Waals surface area contributed by atoms with Gasteiger partial charge in [-0.2, -0.15) is 0 Å². The summed E-state index contributed by atoms with van der Waals surface area (Å²) >= 11 is 0. The molecule has 0 aromatic heterocycles. The molecule has 3 unspecified atom stereocenters. The lowest BCUT2D eigenvalue weighted by Gasteiger charge is -2.62. The summed E-state index contributed by atoms with van der Waals surface area (Å²) in [4.78, 5) is 0. The normalized spacial score (nSPS) is 28.0. The van der Waals surface area contributed by atoms with Crippen molar-refractivity contribution < 1.29 is 0 Å². The number of aryl methyl sites for hydroxylation is 5. The summed E-state index contributed by atoms with van der Waals surface area (Å²) in [5, 5.41) is 0. The summed E-state index contributed by atoms with van der Waals surface area (Å²) in [7, 11) is 0. The van der Waals surface area contributed by atoms with Gasteiger partial charge in [-0.05, 0) is 156 Å². The summed E-state index contributed by atoms with van der Waals surface area (Å²) in [6.45, 7) is 22.4. The fourth-order valence-electron chi connectivity index (χ4n) is 11.6. The van der Waals surface area contributed by atoms with Crippen LogP contribution in [0.2, 0.25) is 0 Å². The molecule has 0 aliphatic heterocycles. The van der Waals surface area contributed by atoms with Crippen molar-refractivity contribution in [2.75, 3.05) is 0 Å². The number of fused-ring (bicyclic) bond motifs is 1. The quantitative estimate of drug-likeness (QED) is 0.204. The lowest BCUT2D eigenvalue weighted by atomic mass is 9.42. The van der Waals surface area contributed by atoms with Crippen LogP contribution in [0.5, 0.6) is 0 Å². The molecular weight excluding hydrogens is 540 g/mol. The molecule has 0 heteroatoms. The molecule has 45 heavy (non-hydrogen) atoms. The zero-order valence-corrected chi connectivity index (χ0v) is 30.4. The third-order valence-corrected chi connectivity index (χ3v) is 13.3. The van der Waals surface area contributed by atoms with Gasteiger partial charge in [0.1, 0.15) is 0 Å². The van der Waals surface area contributed by atoms with Gasteiger partial charge in [0.15, 0.2) is 0 Å². The molecule has 5 rings (SSSR count). The van der Waals surface area contributed by atoms with Gasteiger partial charge in [0, 0.05) is 0 Å². The second-order valence-corrected chi connectivity index (χ2v) is 15.3. The Labute approximate surface area is 277 Å². The standard InChI is InChI=1S/C45H64/c1-10-34-19-15-16-24-42(34)39-26-32(8)45(31(7)25-30(6)43-35(11-2)20-17-21-36(43)12-3)33(9)27-40(29-41(45)28-39)44-37(13-4)22-18-23-38(44)14-5/h15-24,30-33,39-41H,10-14,25-29H2,1-9H3/t30-,31?,32-,33+,39?,40-,41-,45?/m0/s1. The summed E-state index contributed by atoms with van der Waals surface area (Å²) in [5.41, 5.74) is 13.4. The number of hydrogen-bond donors (Lipinski definition) is 0. The van der Waals surface area contributed by atoms with Gasteiger partial charge in [-0.25, -0.2) is 0 Å². The van der Waals surface area contributed by atoms with E-state index in [1.807, 2.05) is 0 Å². The van der Waals surface area contributed by atoms with Gasteiger partial charge >= 0.3 is 0 Å². The maximum absolute atomic E-state index is 2.69. The van der Waals surface area contributed by atoms with Gasteiger partial charge in [-0.15, -0.1) is 0 Å². The van der Waals surface area contributed by atoms with Gasteiger partial charge in [0.2, 0.25) is 0 Å². The van der Waals surface area contributed by atoms with E-state index in [1.54, 1.807) is 44.5 Å². The van der Waals surface area contributed by atoms with Crippen LogP contribution in [0.15, 0.2) is 60.7 Å². The number of hydrogen-bond acceptors (Lipinski definition) is 0. The Morgan fingerprint density at radius 3 is 1.60 bits per heavy atom. The SMILES string of the molecule is CCc1ccccc1C1C[C@H]2C[C@@H](c3c(CC)cccc3CC)C[C@@H](C)C2(C(C)C[C@H](C)c2c(CC)cccc2CC)[C@@H](C)C1. The Kier molecular flexibility index (Phi) is 11.0. The molecule has 0 saturated heterocycles. The highest BCUT2D eigenvalue weighted by Gasteiger charge is 2.57. The first kappa shape index (κ1) is 34.0. The van der Waals surface area contributed by atoms with Crippen LogP contribution in [-0.2, 0) is 32.1 Å². The molecular formula is C45H64. The van der Waals surface area contributed by atoms with Crippen LogP contribution in [0.25, 0.3) is 0 Å². The Hall–Kier alpha value is -2.34. The molecule has 244 valence electrons. The fourth-order valence-corrected chi connectivity index (χ4v) is 11.6. The lowest BCUT2D eigenvalue weighted by Crippen LogP contribution is -2.54. The summed E-state index contributed by atoms with van der Waals surface area (Å²) in [6, 6.07) is 23.7. The maximum atomic E-state index is 2.69. The first-order valence-corrected chi connectivity index (χ1v) is 19.0. The van der Waals surface area contributed by atoms with Crippen LogP contribution in [-0.4, -0.2) is 0 Å². The molecule has 0 amide bonds. The summed E-state index contributed by atoms with van der Waals surface area (Å²) < 4.78 is 0. The zero-order chi connectivity index (χ0) is 32.3. The van der Waals surface area contributed by atoms with Crippen molar-refractivity contribution >= 4 is 0 Å². The van der Waals surface area contributed by atoms with E-state index in [1.165, 1.54) is 32.1 Å². The minimum Gasteiger partial charge on any atom is -0.0620 e. The molecule has 8 atom stereocenters. The topological polar surface area (TPSA) is 0 Å². The van der Waals surface area contributed by atoms with Crippen molar-refractivity contribution in [3.8, 4) is 0 Å². The van der Waals surface area contributed by atoms with Crippen molar-refractivity contribution in [2.45, 2.75) is 144 Å². The van der Waals surface area contributed by atoms with Crippen LogP contribution in [0.4, 0.5) is 0 Å². The second-order valence-electron chi connectivity index (χ2n) is 15.3. The predicted molar refractivity (Wildman–Crippen MR) is 197 cm³/mol. The Morgan fingerprint density at radius 1 is 0.578 bits per heavy atom. The van der Waals surface area contributed by atoms with Crippen LogP contribution in [0.1, 0.15) is 157 Å². The first-order chi connectivity index (χ1) is 21.7. The molecule has 3 aromatic rings. The van der Waals surface area contributed by atoms with E-state index in [0.29, 0.717) is 29.1 Å². The molecule has 0 radical (unpaired) electrons. The molecule has 0 bridgehead atoms. The van der Waals surface area contributed by atoms with Crippen LogP contribution in [0, 0.1) is 29.1 Å². The number of benzene rings is 3. The largest absolute Gasteiger partial charge is 0.0620 e. The molecule has 2 aliphatic carbocycles. The highest BCUT2D eigenvalue weighted by molar-refractivity contribution is 5.41. The van der Waals surface area contributed by atoms with E-state index in [-0.39, 0.29) is 0 Å². The zero-order valence-electron chi connectivity index (χ0n) is 30.4. The van der Waals surface area contributed by atoms with Crippen LogP contribution in [0.3, 0.4) is 0 Å². The Morgan fingerprint density at radius 2 is 1.04 bits per heavy atom. The van der Waals surface area contributed by atoms with Gasteiger partial charge in [-0.3, -0.25) is 0 Å². The number of rotatable bonds is 11. The smallest absolute Gasteiger partial charge is 0.0151 e. The van der Waals surface area contributed by atoms with Crippen molar-refractivity contribution in [3.05, 3.63) is 105 Å². The highest BCUT2D eigenvalue weighted by atomic mass is 14.6. The van der Waals surface area contributed by atoms with Gasteiger partial charge < -0.3 is 0 Å². The molecule has 0 nitrogen and oxygen atoms in total. The molecule has 2 fully saturated rings. The average Bonchev–Trinajstić information content (AvgIpc) is 3.06.